The standard InChI is InChI=1S/C18H24N4O2/c1-14-13-22(16-7-5-4-6-8-16)19-17(14)24-15(2)18(23)21-11-9-20(3)10-12-21/h4-8,13,15H,9-12H2,1-3H3. The van der Waals surface area contributed by atoms with Crippen LogP contribution in [0.1, 0.15) is 12.5 Å². The maximum Gasteiger partial charge on any atom is 0.263 e. The highest BCUT2D eigenvalue weighted by atomic mass is 16.5. The molecule has 128 valence electrons. The summed E-state index contributed by atoms with van der Waals surface area (Å²) in [6.45, 7) is 7.04. The Morgan fingerprint density at radius 2 is 1.83 bits per heavy atom. The molecule has 0 radical (unpaired) electrons. The van der Waals surface area contributed by atoms with Crippen molar-refractivity contribution < 1.29 is 9.53 Å². The van der Waals surface area contributed by atoms with Crippen molar-refractivity contribution in [1.82, 2.24) is 19.6 Å². The number of rotatable bonds is 4. The fourth-order valence-electron chi connectivity index (χ4n) is 2.78. The van der Waals surface area contributed by atoms with Gasteiger partial charge in [0.15, 0.2) is 6.10 Å². The SMILES string of the molecule is Cc1cn(-c2ccccc2)nc1OC(C)C(=O)N1CCN(C)CC1. The molecular formula is C18H24N4O2. The van der Waals surface area contributed by atoms with Gasteiger partial charge in [0, 0.05) is 37.9 Å². The molecule has 2 aromatic rings. The van der Waals surface area contributed by atoms with Crippen molar-refractivity contribution in [3.05, 3.63) is 42.1 Å². The minimum atomic E-state index is -0.536. The van der Waals surface area contributed by atoms with Gasteiger partial charge in [-0.25, -0.2) is 4.68 Å². The van der Waals surface area contributed by atoms with Crippen LogP contribution in [-0.4, -0.2) is 64.8 Å². The van der Waals surface area contributed by atoms with Crippen molar-refractivity contribution in [3.63, 3.8) is 0 Å². The van der Waals surface area contributed by atoms with E-state index in [4.69, 9.17) is 4.74 Å². The van der Waals surface area contributed by atoms with E-state index >= 15 is 0 Å². The molecule has 0 spiro atoms. The first-order chi connectivity index (χ1) is 11.5. The third-order valence-corrected chi connectivity index (χ3v) is 4.32. The van der Waals surface area contributed by atoms with E-state index < -0.39 is 6.10 Å². The van der Waals surface area contributed by atoms with Crippen LogP contribution in [0, 0.1) is 6.92 Å². The van der Waals surface area contributed by atoms with Gasteiger partial charge in [-0.1, -0.05) is 18.2 Å². The Morgan fingerprint density at radius 1 is 1.17 bits per heavy atom. The average molecular weight is 328 g/mol. The predicted molar refractivity (Wildman–Crippen MR) is 92.5 cm³/mol. The summed E-state index contributed by atoms with van der Waals surface area (Å²) in [5, 5.41) is 4.48. The zero-order chi connectivity index (χ0) is 17.1. The second kappa shape index (κ2) is 7.05. The fraction of sp³-hybridized carbons (Fsp3) is 0.444. The third kappa shape index (κ3) is 3.59. The second-order valence-electron chi connectivity index (χ2n) is 6.29. The van der Waals surface area contributed by atoms with Crippen LogP contribution in [0.3, 0.4) is 0 Å². The number of carbonyl (C=O) groups excluding carboxylic acids is 1. The summed E-state index contributed by atoms with van der Waals surface area (Å²) in [4.78, 5) is 16.6. The van der Waals surface area contributed by atoms with Crippen LogP contribution in [0.25, 0.3) is 5.69 Å². The molecule has 1 unspecified atom stereocenters. The number of carbonyl (C=O) groups is 1. The number of piperazine rings is 1. The molecule has 1 aliphatic rings. The third-order valence-electron chi connectivity index (χ3n) is 4.32. The van der Waals surface area contributed by atoms with Gasteiger partial charge < -0.3 is 14.5 Å². The highest BCUT2D eigenvalue weighted by Gasteiger charge is 2.26. The fourth-order valence-corrected chi connectivity index (χ4v) is 2.78. The lowest BCUT2D eigenvalue weighted by atomic mass is 10.2. The van der Waals surface area contributed by atoms with Gasteiger partial charge in [-0.15, -0.1) is 5.10 Å². The highest BCUT2D eigenvalue weighted by Crippen LogP contribution is 2.19. The van der Waals surface area contributed by atoms with Crippen molar-refractivity contribution in [3.8, 4) is 11.6 Å². The lowest BCUT2D eigenvalue weighted by molar-refractivity contribution is -0.139. The van der Waals surface area contributed by atoms with E-state index in [0.717, 1.165) is 37.4 Å². The molecule has 0 bridgehead atoms. The summed E-state index contributed by atoms with van der Waals surface area (Å²) >= 11 is 0. The maximum absolute atomic E-state index is 12.5. The van der Waals surface area contributed by atoms with E-state index in [1.54, 1.807) is 11.6 Å². The molecule has 0 saturated carbocycles. The number of para-hydroxylation sites is 1. The van der Waals surface area contributed by atoms with Gasteiger partial charge in [0.1, 0.15) is 0 Å². The summed E-state index contributed by atoms with van der Waals surface area (Å²) in [7, 11) is 2.07. The smallest absolute Gasteiger partial charge is 0.263 e. The van der Waals surface area contributed by atoms with Crippen LogP contribution in [-0.2, 0) is 4.79 Å². The molecule has 24 heavy (non-hydrogen) atoms. The van der Waals surface area contributed by atoms with Crippen molar-refractivity contribution >= 4 is 5.91 Å². The number of benzene rings is 1. The van der Waals surface area contributed by atoms with E-state index in [9.17, 15) is 4.79 Å². The Labute approximate surface area is 142 Å². The Hall–Kier alpha value is -2.34. The Bertz CT molecular complexity index is 690. The number of likely N-dealkylation sites (N-methyl/N-ethyl adjacent to an activating group) is 1. The first-order valence-electron chi connectivity index (χ1n) is 8.30. The summed E-state index contributed by atoms with van der Waals surface area (Å²) in [6.07, 6.45) is 1.38. The van der Waals surface area contributed by atoms with Gasteiger partial charge in [-0.2, -0.15) is 0 Å². The number of aryl methyl sites for hydroxylation is 1. The van der Waals surface area contributed by atoms with E-state index in [0.29, 0.717) is 5.88 Å². The Morgan fingerprint density at radius 3 is 2.50 bits per heavy atom. The average Bonchev–Trinajstić information content (AvgIpc) is 2.96. The van der Waals surface area contributed by atoms with Crippen LogP contribution < -0.4 is 4.74 Å². The largest absolute Gasteiger partial charge is 0.463 e. The molecule has 2 heterocycles. The summed E-state index contributed by atoms with van der Waals surface area (Å²) in [5.74, 6) is 0.533. The molecule has 6 nitrogen and oxygen atoms in total. The zero-order valence-corrected chi connectivity index (χ0v) is 14.5. The van der Waals surface area contributed by atoms with E-state index in [-0.39, 0.29) is 5.91 Å². The predicted octanol–water partition coefficient (Wildman–Crippen LogP) is 1.72. The number of amides is 1. The van der Waals surface area contributed by atoms with Crippen LogP contribution >= 0.6 is 0 Å². The van der Waals surface area contributed by atoms with Crippen LogP contribution in [0.4, 0.5) is 0 Å². The Kier molecular flexibility index (Phi) is 4.85. The topological polar surface area (TPSA) is 50.6 Å². The van der Waals surface area contributed by atoms with Gasteiger partial charge in [-0.3, -0.25) is 4.79 Å². The molecule has 1 amide bonds. The minimum Gasteiger partial charge on any atom is -0.463 e. The number of nitrogens with zero attached hydrogens (tertiary/aromatic N) is 4. The molecule has 1 aromatic carbocycles. The summed E-state index contributed by atoms with van der Waals surface area (Å²) in [5.41, 5.74) is 1.88. The van der Waals surface area contributed by atoms with Gasteiger partial charge >= 0.3 is 0 Å². The maximum atomic E-state index is 12.5. The van der Waals surface area contributed by atoms with Crippen molar-refractivity contribution in [2.75, 3.05) is 33.2 Å². The molecule has 1 fully saturated rings. The normalized spacial score (nSPS) is 16.9. The number of ether oxygens (including phenoxy) is 1. The van der Waals surface area contributed by atoms with Crippen LogP contribution in [0.15, 0.2) is 36.5 Å². The zero-order valence-electron chi connectivity index (χ0n) is 14.5. The molecule has 0 aliphatic carbocycles. The highest BCUT2D eigenvalue weighted by molar-refractivity contribution is 5.81. The number of aromatic nitrogens is 2. The molecular weight excluding hydrogens is 304 g/mol. The lowest BCUT2D eigenvalue weighted by Crippen LogP contribution is -2.50. The van der Waals surface area contributed by atoms with Gasteiger partial charge in [0.2, 0.25) is 5.88 Å². The lowest BCUT2D eigenvalue weighted by Gasteiger charge is -2.33. The van der Waals surface area contributed by atoms with E-state index in [2.05, 4.69) is 17.0 Å². The number of hydrogen-bond acceptors (Lipinski definition) is 4. The van der Waals surface area contributed by atoms with E-state index in [1.807, 2.05) is 48.4 Å². The minimum absolute atomic E-state index is 0.0248. The molecule has 1 saturated heterocycles. The quantitative estimate of drug-likeness (QED) is 0.857. The molecule has 1 atom stereocenters. The van der Waals surface area contributed by atoms with Crippen LogP contribution in [0.5, 0.6) is 5.88 Å². The number of hydrogen-bond donors (Lipinski definition) is 0. The monoisotopic (exact) mass is 328 g/mol. The van der Waals surface area contributed by atoms with Crippen LogP contribution in [0.2, 0.25) is 0 Å². The van der Waals surface area contributed by atoms with Crippen molar-refractivity contribution in [2.45, 2.75) is 20.0 Å². The summed E-state index contributed by atoms with van der Waals surface area (Å²) < 4.78 is 7.63. The van der Waals surface area contributed by atoms with Gasteiger partial charge in [0.05, 0.1) is 5.69 Å². The molecule has 3 rings (SSSR count). The second-order valence-corrected chi connectivity index (χ2v) is 6.29. The molecule has 6 heteroatoms. The van der Waals surface area contributed by atoms with Crippen molar-refractivity contribution in [2.24, 2.45) is 0 Å². The molecule has 1 aromatic heterocycles. The van der Waals surface area contributed by atoms with Crippen molar-refractivity contribution in [1.29, 1.82) is 0 Å². The summed E-state index contributed by atoms with van der Waals surface area (Å²) in [6, 6.07) is 9.86. The van der Waals surface area contributed by atoms with E-state index in [1.165, 1.54) is 0 Å². The first-order valence-corrected chi connectivity index (χ1v) is 8.30. The van der Waals surface area contributed by atoms with Gasteiger partial charge in [-0.05, 0) is 33.0 Å². The Balaban J connectivity index is 1.67. The molecule has 0 N–H and O–H groups in total. The molecule has 1 aliphatic heterocycles. The van der Waals surface area contributed by atoms with Gasteiger partial charge in [0.25, 0.3) is 5.91 Å². The first kappa shape index (κ1) is 16.5.